The van der Waals surface area contributed by atoms with Crippen LogP contribution in [0.3, 0.4) is 0 Å². The molecular weight excluding hydrogens is 430 g/mol. The van der Waals surface area contributed by atoms with Gasteiger partial charge in [-0.3, -0.25) is 4.31 Å². The van der Waals surface area contributed by atoms with Crippen molar-refractivity contribution < 1.29 is 31.5 Å². The number of benzene rings is 2. The highest BCUT2D eigenvalue weighted by Crippen LogP contribution is 2.36. The molecule has 0 aliphatic carbocycles. The number of hydrogen-bond acceptors (Lipinski definition) is 3. The van der Waals surface area contributed by atoms with Crippen molar-refractivity contribution in [2.45, 2.75) is 24.0 Å². The van der Waals surface area contributed by atoms with E-state index >= 15 is 0 Å². The summed E-state index contributed by atoms with van der Waals surface area (Å²) in [5, 5.41) is 9.04. The number of halogens is 5. The molecule has 2 aromatic carbocycles. The molecule has 0 spiro atoms. The summed E-state index contributed by atoms with van der Waals surface area (Å²) in [5.41, 5.74) is -1.61. The first-order valence-corrected chi connectivity index (χ1v) is 9.45. The highest BCUT2D eigenvalue weighted by atomic mass is 35.5. The summed E-state index contributed by atoms with van der Waals surface area (Å²) in [7, 11) is -4.65. The zero-order valence-corrected chi connectivity index (χ0v) is 15.9. The molecule has 0 amide bonds. The van der Waals surface area contributed by atoms with Gasteiger partial charge in [-0.1, -0.05) is 29.3 Å². The molecule has 0 aliphatic heterocycles. The van der Waals surface area contributed by atoms with Crippen LogP contribution in [-0.4, -0.2) is 25.5 Å². The average Bonchev–Trinajstić information content (AvgIpc) is 2.56. The lowest BCUT2D eigenvalue weighted by molar-refractivity contribution is -0.138. The number of carboxylic acids is 1. The molecule has 146 valence electrons. The Hall–Kier alpha value is -1.97. The van der Waals surface area contributed by atoms with Crippen molar-refractivity contribution in [2.24, 2.45) is 0 Å². The van der Waals surface area contributed by atoms with Crippen molar-refractivity contribution in [3.05, 3.63) is 58.1 Å². The number of hydrogen-bond donors (Lipinski definition) is 1. The number of carbonyl (C=O) groups is 1. The molecule has 1 atom stereocenters. The first-order chi connectivity index (χ1) is 12.4. The van der Waals surface area contributed by atoms with Gasteiger partial charge in [0.1, 0.15) is 10.9 Å². The molecule has 11 heteroatoms. The summed E-state index contributed by atoms with van der Waals surface area (Å²) in [6.07, 6.45) is -4.74. The number of sulfonamides is 1. The molecular formula is C16H12Cl2F3NO4S. The summed E-state index contributed by atoms with van der Waals surface area (Å²) in [6, 6.07) is 5.12. The summed E-state index contributed by atoms with van der Waals surface area (Å²) in [4.78, 5) is 10.9. The fraction of sp³-hybridized carbons (Fsp3) is 0.188. The van der Waals surface area contributed by atoms with E-state index in [-0.39, 0.29) is 10.0 Å². The third-order valence-electron chi connectivity index (χ3n) is 3.57. The van der Waals surface area contributed by atoms with Gasteiger partial charge in [0.05, 0.1) is 16.3 Å². The smallest absolute Gasteiger partial charge is 0.416 e. The fourth-order valence-corrected chi connectivity index (χ4v) is 4.62. The van der Waals surface area contributed by atoms with Crippen molar-refractivity contribution in [1.82, 2.24) is 0 Å². The quantitative estimate of drug-likeness (QED) is 0.730. The second-order valence-corrected chi connectivity index (χ2v) is 8.06. The highest BCUT2D eigenvalue weighted by molar-refractivity contribution is 7.93. The maximum absolute atomic E-state index is 13.1. The van der Waals surface area contributed by atoms with Gasteiger partial charge in [0.15, 0.2) is 0 Å². The molecule has 1 N–H and O–H groups in total. The van der Waals surface area contributed by atoms with E-state index in [1.165, 1.54) is 12.1 Å². The van der Waals surface area contributed by atoms with E-state index < -0.39 is 44.4 Å². The number of aliphatic carboxylic acids is 1. The van der Waals surface area contributed by atoms with Gasteiger partial charge in [-0.15, -0.1) is 0 Å². The van der Waals surface area contributed by atoms with E-state index in [2.05, 4.69) is 0 Å². The molecule has 2 rings (SSSR count). The van der Waals surface area contributed by atoms with Gasteiger partial charge in [-0.25, -0.2) is 13.2 Å². The summed E-state index contributed by atoms with van der Waals surface area (Å²) in [6.45, 7) is 1.03. The molecule has 0 radical (unpaired) electrons. The van der Waals surface area contributed by atoms with E-state index in [4.69, 9.17) is 23.2 Å². The maximum atomic E-state index is 13.1. The minimum Gasteiger partial charge on any atom is -0.480 e. The molecule has 5 nitrogen and oxygen atoms in total. The number of anilines is 1. The Morgan fingerprint density at radius 1 is 1.15 bits per heavy atom. The first-order valence-electron chi connectivity index (χ1n) is 7.25. The molecule has 0 bridgehead atoms. The Balaban J connectivity index is 2.73. The summed E-state index contributed by atoms with van der Waals surface area (Å²) in [5.74, 6) is -1.56. The van der Waals surface area contributed by atoms with Crippen LogP contribution >= 0.6 is 23.2 Å². The molecule has 0 saturated carbocycles. The second-order valence-electron chi connectivity index (χ2n) is 5.44. The zero-order chi connectivity index (χ0) is 20.6. The summed E-state index contributed by atoms with van der Waals surface area (Å²) < 4.78 is 65.5. The van der Waals surface area contributed by atoms with Crippen LogP contribution in [0, 0.1) is 0 Å². The zero-order valence-electron chi connectivity index (χ0n) is 13.5. The Kier molecular flexibility index (Phi) is 5.98. The van der Waals surface area contributed by atoms with Crippen LogP contribution in [0.2, 0.25) is 10.0 Å². The van der Waals surface area contributed by atoms with E-state index in [1.807, 2.05) is 0 Å². The van der Waals surface area contributed by atoms with E-state index in [0.717, 1.165) is 31.2 Å². The molecule has 0 aromatic heterocycles. The normalized spacial score (nSPS) is 13.3. The van der Waals surface area contributed by atoms with Crippen LogP contribution in [0.1, 0.15) is 12.5 Å². The van der Waals surface area contributed by atoms with Crippen molar-refractivity contribution in [2.75, 3.05) is 4.31 Å². The van der Waals surface area contributed by atoms with Crippen LogP contribution in [0.25, 0.3) is 0 Å². The van der Waals surface area contributed by atoms with Gasteiger partial charge in [0, 0.05) is 5.02 Å². The van der Waals surface area contributed by atoms with E-state index in [0.29, 0.717) is 10.4 Å². The van der Waals surface area contributed by atoms with Crippen LogP contribution in [0.15, 0.2) is 47.4 Å². The van der Waals surface area contributed by atoms with Crippen molar-refractivity contribution in [3.63, 3.8) is 0 Å². The number of carboxylic acid groups (broad SMARTS) is 1. The number of nitrogens with zero attached hydrogens (tertiary/aromatic N) is 1. The molecule has 27 heavy (non-hydrogen) atoms. The van der Waals surface area contributed by atoms with Crippen LogP contribution in [0.4, 0.5) is 18.9 Å². The van der Waals surface area contributed by atoms with Gasteiger partial charge in [0.25, 0.3) is 10.0 Å². The third-order valence-corrected chi connectivity index (χ3v) is 6.18. The standard InChI is InChI=1S/C16H12Cl2F3NO4S/c1-9(15(23)24)22(12-4-2-3-10(7-12)16(19,20)21)27(25,26)14-8-11(17)5-6-13(14)18/h2-9H,1H3,(H,23,24). The second kappa shape index (κ2) is 7.57. The molecule has 0 saturated heterocycles. The first kappa shape index (κ1) is 21.3. The average molecular weight is 442 g/mol. The van der Waals surface area contributed by atoms with Crippen LogP contribution in [-0.2, 0) is 21.0 Å². The van der Waals surface area contributed by atoms with Gasteiger partial charge in [-0.05, 0) is 43.3 Å². The van der Waals surface area contributed by atoms with Gasteiger partial charge < -0.3 is 5.11 Å². The van der Waals surface area contributed by atoms with E-state index in [9.17, 15) is 31.5 Å². The lowest BCUT2D eigenvalue weighted by Gasteiger charge is -2.29. The molecule has 0 heterocycles. The number of rotatable bonds is 5. The highest BCUT2D eigenvalue weighted by Gasteiger charge is 2.37. The Morgan fingerprint density at radius 2 is 1.78 bits per heavy atom. The Morgan fingerprint density at radius 3 is 2.33 bits per heavy atom. The van der Waals surface area contributed by atoms with Crippen molar-refractivity contribution >= 4 is 44.9 Å². The topological polar surface area (TPSA) is 74.7 Å². The minimum absolute atomic E-state index is 0.00458. The van der Waals surface area contributed by atoms with Gasteiger partial charge in [0.2, 0.25) is 0 Å². The predicted octanol–water partition coefficient (Wildman–Crippen LogP) is 4.68. The maximum Gasteiger partial charge on any atom is 0.416 e. The minimum atomic E-state index is -4.74. The van der Waals surface area contributed by atoms with Gasteiger partial charge >= 0.3 is 12.1 Å². The molecule has 2 aromatic rings. The molecule has 1 unspecified atom stereocenters. The lowest BCUT2D eigenvalue weighted by atomic mass is 10.2. The molecule has 0 aliphatic rings. The Bertz CT molecular complexity index is 980. The van der Waals surface area contributed by atoms with Crippen LogP contribution < -0.4 is 4.31 Å². The third kappa shape index (κ3) is 4.48. The van der Waals surface area contributed by atoms with Crippen molar-refractivity contribution in [1.29, 1.82) is 0 Å². The fourth-order valence-electron chi connectivity index (χ4n) is 2.27. The molecule has 0 fully saturated rings. The Labute approximate surface area is 163 Å². The predicted molar refractivity (Wildman–Crippen MR) is 94.7 cm³/mol. The van der Waals surface area contributed by atoms with E-state index in [1.54, 1.807) is 0 Å². The number of alkyl halides is 3. The van der Waals surface area contributed by atoms with Crippen LogP contribution in [0.5, 0.6) is 0 Å². The van der Waals surface area contributed by atoms with Crippen molar-refractivity contribution in [3.8, 4) is 0 Å². The lowest BCUT2D eigenvalue weighted by Crippen LogP contribution is -2.43. The summed E-state index contributed by atoms with van der Waals surface area (Å²) >= 11 is 11.7. The largest absolute Gasteiger partial charge is 0.480 e. The monoisotopic (exact) mass is 441 g/mol. The van der Waals surface area contributed by atoms with Gasteiger partial charge in [-0.2, -0.15) is 13.2 Å². The SMILES string of the molecule is CC(C(=O)O)N(c1cccc(C(F)(F)F)c1)S(=O)(=O)c1cc(Cl)ccc1Cl.